The van der Waals surface area contributed by atoms with Gasteiger partial charge in [0.2, 0.25) is 11.8 Å². The second-order valence-corrected chi connectivity index (χ2v) is 6.70. The van der Waals surface area contributed by atoms with Crippen LogP contribution in [0.25, 0.3) is 0 Å². The Morgan fingerprint density at radius 2 is 2.29 bits per heavy atom. The van der Waals surface area contributed by atoms with E-state index < -0.39 is 0 Å². The number of hydrogen-bond acceptors (Lipinski definition) is 4. The van der Waals surface area contributed by atoms with E-state index in [-0.39, 0.29) is 11.4 Å². The van der Waals surface area contributed by atoms with Crippen molar-refractivity contribution in [1.29, 1.82) is 0 Å². The second kappa shape index (κ2) is 4.58. The number of methoxy groups -OCH3 is 1. The molecule has 4 rings (SSSR count). The molecule has 3 aliphatic rings. The number of hydrogen-bond donors (Lipinski definition) is 1. The van der Waals surface area contributed by atoms with Crippen molar-refractivity contribution in [3.8, 4) is 5.88 Å². The van der Waals surface area contributed by atoms with Crippen LogP contribution in [0.3, 0.4) is 0 Å². The number of fused-ring (bicyclic) bond motifs is 1. The van der Waals surface area contributed by atoms with E-state index in [2.05, 4.69) is 15.2 Å². The molecule has 1 aromatic heterocycles. The van der Waals surface area contributed by atoms with Crippen LogP contribution in [0.4, 0.5) is 0 Å². The van der Waals surface area contributed by atoms with Crippen LogP contribution < -0.4 is 10.1 Å². The number of rotatable bonds is 2. The van der Waals surface area contributed by atoms with Crippen LogP contribution in [-0.2, 0) is 11.2 Å². The summed E-state index contributed by atoms with van der Waals surface area (Å²) in [7, 11) is 1.64. The van der Waals surface area contributed by atoms with Crippen molar-refractivity contribution in [3.63, 3.8) is 0 Å². The van der Waals surface area contributed by atoms with E-state index >= 15 is 0 Å². The van der Waals surface area contributed by atoms with Crippen LogP contribution in [0.15, 0.2) is 6.07 Å². The first-order valence-corrected chi connectivity index (χ1v) is 7.76. The van der Waals surface area contributed by atoms with Crippen molar-refractivity contribution in [3.05, 3.63) is 22.3 Å². The molecule has 0 saturated carbocycles. The average molecular weight is 308 g/mol. The molecule has 1 amide bonds. The van der Waals surface area contributed by atoms with Crippen molar-refractivity contribution in [2.45, 2.75) is 37.3 Å². The first kappa shape index (κ1) is 13.3. The summed E-state index contributed by atoms with van der Waals surface area (Å²) in [4.78, 5) is 18.2. The van der Waals surface area contributed by atoms with Crippen LogP contribution in [0.5, 0.6) is 5.88 Å². The van der Waals surface area contributed by atoms with E-state index in [9.17, 15) is 4.79 Å². The Kier molecular flexibility index (Phi) is 2.91. The number of likely N-dealkylation sites (tertiary alicyclic amines) is 1. The largest absolute Gasteiger partial charge is 0.481 e. The third kappa shape index (κ3) is 2.02. The van der Waals surface area contributed by atoms with Gasteiger partial charge >= 0.3 is 0 Å². The van der Waals surface area contributed by atoms with Gasteiger partial charge in [-0.05, 0) is 30.9 Å². The zero-order valence-corrected chi connectivity index (χ0v) is 12.7. The van der Waals surface area contributed by atoms with Crippen LogP contribution in [0.2, 0.25) is 5.15 Å². The van der Waals surface area contributed by atoms with Gasteiger partial charge in [0, 0.05) is 31.1 Å². The zero-order valence-electron chi connectivity index (χ0n) is 12.0. The standard InChI is InChI=1S/C15H18ClN3O2/c1-21-14-13-9(6-11(16)17-14)2-3-10(13)19-7-15(8-19)5-4-12(20)18-15/h6,10H,2-5,7-8H2,1H3,(H,18,20)/t10-/m1/s1. The number of pyridine rings is 1. The smallest absolute Gasteiger partial charge is 0.220 e. The van der Waals surface area contributed by atoms with Gasteiger partial charge in [0.25, 0.3) is 0 Å². The molecule has 1 N–H and O–H groups in total. The Hall–Kier alpha value is -1.33. The number of nitrogens with one attached hydrogen (secondary N) is 1. The van der Waals surface area contributed by atoms with Crippen molar-refractivity contribution < 1.29 is 9.53 Å². The summed E-state index contributed by atoms with van der Waals surface area (Å²) in [6.07, 6.45) is 3.69. The predicted molar refractivity (Wildman–Crippen MR) is 78.5 cm³/mol. The quantitative estimate of drug-likeness (QED) is 0.845. The number of halogens is 1. The highest BCUT2D eigenvalue weighted by Gasteiger charge is 2.51. The molecule has 0 unspecified atom stereocenters. The molecule has 2 aliphatic heterocycles. The highest BCUT2D eigenvalue weighted by Crippen LogP contribution is 2.46. The van der Waals surface area contributed by atoms with Gasteiger partial charge in [-0.15, -0.1) is 0 Å². The number of nitrogens with zero attached hydrogens (tertiary/aromatic N) is 2. The minimum Gasteiger partial charge on any atom is -0.481 e. The lowest BCUT2D eigenvalue weighted by atomic mass is 9.86. The third-order valence-corrected chi connectivity index (χ3v) is 5.17. The van der Waals surface area contributed by atoms with E-state index in [1.54, 1.807) is 7.11 Å². The number of carbonyl (C=O) groups excluding carboxylic acids is 1. The summed E-state index contributed by atoms with van der Waals surface area (Å²) in [5.41, 5.74) is 2.45. The Labute approximate surface area is 128 Å². The zero-order chi connectivity index (χ0) is 14.6. The number of aromatic nitrogens is 1. The lowest BCUT2D eigenvalue weighted by Gasteiger charge is -2.50. The number of ether oxygens (including phenoxy) is 1. The molecule has 1 spiro atoms. The molecular weight excluding hydrogens is 290 g/mol. The SMILES string of the molecule is COc1nc(Cl)cc2c1[C@H](N1CC3(CCC(=O)N3)C1)CC2. The highest BCUT2D eigenvalue weighted by atomic mass is 35.5. The molecule has 21 heavy (non-hydrogen) atoms. The molecule has 1 aromatic rings. The molecular formula is C15H18ClN3O2. The van der Waals surface area contributed by atoms with Crippen molar-refractivity contribution in [1.82, 2.24) is 15.2 Å². The van der Waals surface area contributed by atoms with Gasteiger partial charge in [0.05, 0.1) is 12.6 Å². The maximum Gasteiger partial charge on any atom is 0.220 e. The minimum atomic E-state index is 0.0208. The van der Waals surface area contributed by atoms with Crippen molar-refractivity contribution >= 4 is 17.5 Å². The summed E-state index contributed by atoms with van der Waals surface area (Å²) >= 11 is 6.04. The third-order valence-electron chi connectivity index (χ3n) is 4.98. The maximum absolute atomic E-state index is 11.4. The molecule has 0 aromatic carbocycles. The summed E-state index contributed by atoms with van der Waals surface area (Å²) < 4.78 is 5.43. The van der Waals surface area contributed by atoms with Gasteiger partial charge in [-0.3, -0.25) is 9.69 Å². The summed E-state index contributed by atoms with van der Waals surface area (Å²) in [6, 6.07) is 2.29. The molecule has 0 radical (unpaired) electrons. The van der Waals surface area contributed by atoms with Gasteiger partial charge in [-0.1, -0.05) is 11.6 Å². The van der Waals surface area contributed by atoms with E-state index in [0.29, 0.717) is 23.5 Å². The fourth-order valence-corrected chi connectivity index (χ4v) is 4.24. The normalized spacial score (nSPS) is 26.6. The van der Waals surface area contributed by atoms with Gasteiger partial charge in [0.1, 0.15) is 5.15 Å². The number of aryl methyl sites for hydroxylation is 1. The van der Waals surface area contributed by atoms with Gasteiger partial charge in [0.15, 0.2) is 0 Å². The molecule has 1 atom stereocenters. The first-order chi connectivity index (χ1) is 10.1. The summed E-state index contributed by atoms with van der Waals surface area (Å²) in [5, 5.41) is 3.63. The molecule has 6 heteroatoms. The van der Waals surface area contributed by atoms with E-state index in [0.717, 1.165) is 32.4 Å². The first-order valence-electron chi connectivity index (χ1n) is 7.39. The fraction of sp³-hybridized carbons (Fsp3) is 0.600. The molecule has 112 valence electrons. The lowest BCUT2D eigenvalue weighted by Crippen LogP contribution is -2.67. The molecule has 2 fully saturated rings. The fourth-order valence-electron chi connectivity index (χ4n) is 4.03. The van der Waals surface area contributed by atoms with Crippen molar-refractivity contribution in [2.24, 2.45) is 0 Å². The van der Waals surface area contributed by atoms with Crippen molar-refractivity contribution in [2.75, 3.05) is 20.2 Å². The minimum absolute atomic E-state index is 0.0208. The van der Waals surface area contributed by atoms with Crippen LogP contribution in [0.1, 0.15) is 36.4 Å². The number of carbonyl (C=O) groups is 1. The predicted octanol–water partition coefficient (Wildman–Crippen LogP) is 1.70. The van der Waals surface area contributed by atoms with E-state index in [4.69, 9.17) is 16.3 Å². The molecule has 0 bridgehead atoms. The van der Waals surface area contributed by atoms with Crippen LogP contribution in [0, 0.1) is 0 Å². The Bertz CT molecular complexity index is 613. The van der Waals surface area contributed by atoms with E-state index in [1.165, 1.54) is 11.1 Å². The topological polar surface area (TPSA) is 54.5 Å². The van der Waals surface area contributed by atoms with Crippen LogP contribution in [-0.4, -0.2) is 41.5 Å². The monoisotopic (exact) mass is 307 g/mol. The molecule has 1 aliphatic carbocycles. The Morgan fingerprint density at radius 1 is 1.48 bits per heavy atom. The average Bonchev–Trinajstić information content (AvgIpc) is 2.99. The van der Waals surface area contributed by atoms with E-state index in [1.807, 2.05) is 6.07 Å². The Morgan fingerprint density at radius 3 is 2.95 bits per heavy atom. The molecule has 5 nitrogen and oxygen atoms in total. The molecule has 2 saturated heterocycles. The lowest BCUT2D eigenvalue weighted by molar-refractivity contribution is -0.121. The summed E-state index contributed by atoms with van der Waals surface area (Å²) in [6.45, 7) is 1.85. The van der Waals surface area contributed by atoms with Gasteiger partial charge in [-0.25, -0.2) is 4.98 Å². The van der Waals surface area contributed by atoms with Gasteiger partial charge in [-0.2, -0.15) is 0 Å². The molecule has 3 heterocycles. The Balaban J connectivity index is 1.57. The van der Waals surface area contributed by atoms with Gasteiger partial charge < -0.3 is 10.1 Å². The maximum atomic E-state index is 11.4. The highest BCUT2D eigenvalue weighted by molar-refractivity contribution is 6.29. The summed E-state index contributed by atoms with van der Waals surface area (Å²) in [5.74, 6) is 0.837. The number of amides is 1. The van der Waals surface area contributed by atoms with Crippen LogP contribution >= 0.6 is 11.6 Å². The second-order valence-electron chi connectivity index (χ2n) is 6.32.